The number of fused-ring (bicyclic) bond motifs is 1. The van der Waals surface area contributed by atoms with Gasteiger partial charge in [0.2, 0.25) is 0 Å². The monoisotopic (exact) mass is 393 g/mol. The fraction of sp³-hybridized carbons (Fsp3) is 0.412. The number of hydrogen-bond donors (Lipinski definition) is 1. The molecule has 2 aromatic rings. The van der Waals surface area contributed by atoms with Crippen LogP contribution < -0.4 is 5.32 Å². The van der Waals surface area contributed by atoms with E-state index in [4.69, 9.17) is 4.74 Å². The summed E-state index contributed by atoms with van der Waals surface area (Å²) < 4.78 is 7.26. The van der Waals surface area contributed by atoms with Crippen LogP contribution in [-0.4, -0.2) is 52.7 Å². The summed E-state index contributed by atoms with van der Waals surface area (Å²) in [5.74, 6) is -0.182. The van der Waals surface area contributed by atoms with Gasteiger partial charge in [-0.05, 0) is 25.5 Å². The number of hydrogen-bond acceptors (Lipinski definition) is 7. The number of nitrogens with zero attached hydrogens (tertiary/aromatic N) is 2. The van der Waals surface area contributed by atoms with Crippen LogP contribution in [-0.2, 0) is 14.3 Å². The molecule has 1 aliphatic rings. The maximum Gasteiger partial charge on any atom is 0.324 e. The number of rotatable bonds is 7. The Kier molecular flexibility index (Phi) is 6.10. The molecule has 0 bridgehead atoms. The van der Waals surface area contributed by atoms with E-state index in [1.807, 2.05) is 24.3 Å². The number of carbonyl (C=O) groups excluding carboxylic acids is 3. The van der Waals surface area contributed by atoms with Crippen LogP contribution in [0.5, 0.6) is 0 Å². The SMILES string of the molecule is C[C@@H](OC(=O)CCCSc1nc2ccccc2s1)C(=O)N1CCNC1=O. The van der Waals surface area contributed by atoms with Gasteiger partial charge in [-0.1, -0.05) is 23.9 Å². The minimum absolute atomic E-state index is 0.224. The van der Waals surface area contributed by atoms with Crippen LogP contribution in [0.4, 0.5) is 4.79 Å². The van der Waals surface area contributed by atoms with Crippen molar-refractivity contribution in [2.24, 2.45) is 0 Å². The zero-order chi connectivity index (χ0) is 18.5. The average Bonchev–Trinajstić information content (AvgIpc) is 3.23. The van der Waals surface area contributed by atoms with E-state index in [2.05, 4.69) is 10.3 Å². The van der Waals surface area contributed by atoms with E-state index >= 15 is 0 Å². The molecule has 1 atom stereocenters. The Hall–Kier alpha value is -2.13. The molecule has 3 amide bonds. The summed E-state index contributed by atoms with van der Waals surface area (Å²) in [6.45, 7) is 2.22. The topological polar surface area (TPSA) is 88.6 Å². The van der Waals surface area contributed by atoms with E-state index in [1.54, 1.807) is 23.1 Å². The lowest BCUT2D eigenvalue weighted by Gasteiger charge is -2.18. The number of aromatic nitrogens is 1. The van der Waals surface area contributed by atoms with Crippen molar-refractivity contribution in [1.82, 2.24) is 15.2 Å². The maximum absolute atomic E-state index is 12.1. The Labute approximate surface area is 159 Å². The first-order valence-electron chi connectivity index (χ1n) is 8.31. The number of para-hydroxylation sites is 1. The van der Waals surface area contributed by atoms with Gasteiger partial charge in [-0.25, -0.2) is 9.78 Å². The molecular formula is C17H19N3O4S2. The number of esters is 1. The molecule has 1 aromatic carbocycles. The smallest absolute Gasteiger partial charge is 0.324 e. The van der Waals surface area contributed by atoms with Gasteiger partial charge < -0.3 is 10.1 Å². The number of carbonyl (C=O) groups is 3. The molecule has 1 aliphatic heterocycles. The van der Waals surface area contributed by atoms with E-state index in [0.29, 0.717) is 19.5 Å². The van der Waals surface area contributed by atoms with Gasteiger partial charge in [-0.15, -0.1) is 11.3 Å². The van der Waals surface area contributed by atoms with Crippen molar-refractivity contribution >= 4 is 51.2 Å². The third kappa shape index (κ3) is 4.53. The minimum Gasteiger partial charge on any atom is -0.453 e. The maximum atomic E-state index is 12.1. The summed E-state index contributed by atoms with van der Waals surface area (Å²) in [4.78, 5) is 41.0. The lowest BCUT2D eigenvalue weighted by Crippen LogP contribution is -2.41. The average molecular weight is 393 g/mol. The van der Waals surface area contributed by atoms with Crippen molar-refractivity contribution in [2.75, 3.05) is 18.8 Å². The summed E-state index contributed by atoms with van der Waals surface area (Å²) >= 11 is 3.24. The molecule has 0 radical (unpaired) electrons. The summed E-state index contributed by atoms with van der Waals surface area (Å²) in [5, 5.41) is 2.54. The highest BCUT2D eigenvalue weighted by Gasteiger charge is 2.31. The number of thioether (sulfide) groups is 1. The molecule has 26 heavy (non-hydrogen) atoms. The summed E-state index contributed by atoms with van der Waals surface area (Å²) in [6.07, 6.45) is -0.102. The number of amides is 3. The van der Waals surface area contributed by atoms with Crippen molar-refractivity contribution < 1.29 is 19.1 Å². The highest BCUT2D eigenvalue weighted by molar-refractivity contribution is 8.01. The standard InChI is InChI=1S/C17H19N3O4S2/c1-11(15(22)20-9-8-18-16(20)23)24-14(21)7-4-10-25-17-19-12-5-2-3-6-13(12)26-17/h2-3,5-6,11H,4,7-10H2,1H3,(H,18,23)/t11-/m1/s1. The Morgan fingerprint density at radius 2 is 2.23 bits per heavy atom. The van der Waals surface area contributed by atoms with Crippen LogP contribution in [0.1, 0.15) is 19.8 Å². The molecule has 1 saturated heterocycles. The van der Waals surface area contributed by atoms with Crippen molar-refractivity contribution in [3.05, 3.63) is 24.3 Å². The van der Waals surface area contributed by atoms with Gasteiger partial charge in [0.15, 0.2) is 10.4 Å². The molecule has 0 unspecified atom stereocenters. The lowest BCUT2D eigenvalue weighted by atomic mass is 10.3. The highest BCUT2D eigenvalue weighted by atomic mass is 32.2. The molecule has 7 nitrogen and oxygen atoms in total. The van der Waals surface area contributed by atoms with Gasteiger partial charge in [0.25, 0.3) is 5.91 Å². The summed E-state index contributed by atoms with van der Waals surface area (Å²) in [6, 6.07) is 7.52. The second-order valence-corrected chi connectivity index (χ2v) is 8.13. The molecule has 3 rings (SSSR count). The van der Waals surface area contributed by atoms with Gasteiger partial charge in [0, 0.05) is 25.3 Å². The molecule has 1 aromatic heterocycles. The number of benzene rings is 1. The second-order valence-electron chi connectivity index (χ2n) is 5.75. The predicted octanol–water partition coefficient (Wildman–Crippen LogP) is 2.65. The Morgan fingerprint density at radius 1 is 1.42 bits per heavy atom. The number of imide groups is 1. The van der Waals surface area contributed by atoms with Crippen molar-refractivity contribution in [3.63, 3.8) is 0 Å². The van der Waals surface area contributed by atoms with Gasteiger partial charge in [0.05, 0.1) is 10.2 Å². The van der Waals surface area contributed by atoms with E-state index < -0.39 is 24.0 Å². The van der Waals surface area contributed by atoms with Crippen LogP contribution in [0.2, 0.25) is 0 Å². The molecular weight excluding hydrogens is 374 g/mol. The molecule has 2 heterocycles. The van der Waals surface area contributed by atoms with Gasteiger partial charge >= 0.3 is 12.0 Å². The van der Waals surface area contributed by atoms with Crippen molar-refractivity contribution in [3.8, 4) is 0 Å². The van der Waals surface area contributed by atoms with Crippen LogP contribution in [0.3, 0.4) is 0 Å². The molecule has 138 valence electrons. The molecule has 0 saturated carbocycles. The third-order valence-electron chi connectivity index (χ3n) is 3.80. The highest BCUT2D eigenvalue weighted by Crippen LogP contribution is 2.29. The quantitative estimate of drug-likeness (QED) is 0.442. The molecule has 9 heteroatoms. The van der Waals surface area contributed by atoms with E-state index in [-0.39, 0.29) is 6.42 Å². The summed E-state index contributed by atoms with van der Waals surface area (Å²) in [7, 11) is 0. The Morgan fingerprint density at radius 3 is 2.96 bits per heavy atom. The van der Waals surface area contributed by atoms with Gasteiger partial charge in [-0.3, -0.25) is 14.5 Å². The van der Waals surface area contributed by atoms with Crippen LogP contribution in [0.15, 0.2) is 28.6 Å². The van der Waals surface area contributed by atoms with Crippen LogP contribution >= 0.6 is 23.1 Å². The number of nitrogens with one attached hydrogen (secondary N) is 1. The molecule has 1 fully saturated rings. The molecule has 0 aliphatic carbocycles. The largest absolute Gasteiger partial charge is 0.453 e. The lowest BCUT2D eigenvalue weighted by molar-refractivity contribution is -0.157. The van der Waals surface area contributed by atoms with Gasteiger partial charge in [-0.2, -0.15) is 0 Å². The molecule has 1 N–H and O–H groups in total. The number of urea groups is 1. The minimum atomic E-state index is -0.955. The fourth-order valence-electron chi connectivity index (χ4n) is 2.50. The number of thiazole rings is 1. The fourth-order valence-corrected chi connectivity index (χ4v) is 4.57. The van der Waals surface area contributed by atoms with Crippen molar-refractivity contribution in [2.45, 2.75) is 30.2 Å². The second kappa shape index (κ2) is 8.50. The van der Waals surface area contributed by atoms with Crippen molar-refractivity contribution in [1.29, 1.82) is 0 Å². The first-order chi connectivity index (χ1) is 12.5. The van der Waals surface area contributed by atoms with E-state index in [0.717, 1.165) is 25.2 Å². The summed E-state index contributed by atoms with van der Waals surface area (Å²) in [5.41, 5.74) is 0.984. The van der Waals surface area contributed by atoms with E-state index in [9.17, 15) is 14.4 Å². The Balaban J connectivity index is 1.38. The zero-order valence-corrected chi connectivity index (χ0v) is 15.9. The van der Waals surface area contributed by atoms with Gasteiger partial charge in [0.1, 0.15) is 0 Å². The molecule has 0 spiro atoms. The zero-order valence-electron chi connectivity index (χ0n) is 14.3. The normalized spacial score (nSPS) is 15.1. The number of ether oxygens (including phenoxy) is 1. The first-order valence-corrected chi connectivity index (χ1v) is 10.1. The first kappa shape index (κ1) is 18.7. The van der Waals surface area contributed by atoms with E-state index in [1.165, 1.54) is 6.92 Å². The predicted molar refractivity (Wildman–Crippen MR) is 100 cm³/mol. The Bertz CT molecular complexity index is 790. The van der Waals surface area contributed by atoms with Crippen LogP contribution in [0.25, 0.3) is 10.2 Å². The third-order valence-corrected chi connectivity index (χ3v) is 6.07. The van der Waals surface area contributed by atoms with Crippen LogP contribution in [0, 0.1) is 0 Å².